The number of thioether (sulfide) groups is 1. The third-order valence-electron chi connectivity index (χ3n) is 8.18. The second kappa shape index (κ2) is 4.28. The molecule has 6 aliphatic rings. The molecule has 4 unspecified atom stereocenters. The molecule has 0 aromatic rings. The number of rotatable bonds is 1. The van der Waals surface area contributed by atoms with Gasteiger partial charge in [0.1, 0.15) is 0 Å². The monoisotopic (exact) mass is 320 g/mol. The van der Waals surface area contributed by atoms with E-state index in [2.05, 4.69) is 25.6 Å². The predicted octanol–water partition coefficient (Wildman–Crippen LogP) is 5.16. The lowest BCUT2D eigenvalue weighted by molar-refractivity contribution is -0.231. The van der Waals surface area contributed by atoms with Gasteiger partial charge in [-0.3, -0.25) is 0 Å². The van der Waals surface area contributed by atoms with Gasteiger partial charge in [0, 0.05) is 15.9 Å². The van der Waals surface area contributed by atoms with E-state index in [1.54, 1.807) is 0 Å². The smallest absolute Gasteiger partial charge is 0.0725 e. The van der Waals surface area contributed by atoms with Crippen LogP contribution in [0.5, 0.6) is 0 Å². The molecule has 0 radical (unpaired) electrons. The molecule has 124 valence electrons. The van der Waals surface area contributed by atoms with Gasteiger partial charge in [-0.05, 0) is 81.0 Å². The first-order chi connectivity index (χ1) is 10.3. The molecule has 0 spiro atoms. The molecule has 4 atom stereocenters. The van der Waals surface area contributed by atoms with Crippen molar-refractivity contribution in [3.63, 3.8) is 0 Å². The van der Waals surface area contributed by atoms with E-state index in [0.29, 0.717) is 10.8 Å². The largest absolute Gasteiger partial charge is 0.389 e. The Labute approximate surface area is 140 Å². The summed E-state index contributed by atoms with van der Waals surface area (Å²) in [5, 5.41) is 13.5. The maximum atomic E-state index is 12.0. The Morgan fingerprint density at radius 3 is 1.95 bits per heavy atom. The van der Waals surface area contributed by atoms with Crippen LogP contribution in [0.2, 0.25) is 0 Å². The highest BCUT2D eigenvalue weighted by molar-refractivity contribution is 8.00. The minimum absolute atomic E-state index is 0.269. The van der Waals surface area contributed by atoms with Gasteiger partial charge in [0.15, 0.2) is 0 Å². The van der Waals surface area contributed by atoms with Crippen LogP contribution in [0.1, 0.15) is 84.5 Å². The Morgan fingerprint density at radius 1 is 0.818 bits per heavy atom. The van der Waals surface area contributed by atoms with E-state index < -0.39 is 0 Å². The molecule has 0 aromatic heterocycles. The summed E-state index contributed by atoms with van der Waals surface area (Å²) < 4.78 is 0. The SMILES string of the molecule is CC12CC3CC(C)(C1)CC(C1(O)CC4CCCC(C1)S4)(C3)C2. The normalized spacial score (nSPS) is 63.1. The topological polar surface area (TPSA) is 20.2 Å². The molecule has 6 bridgehead atoms. The zero-order valence-electron chi connectivity index (χ0n) is 14.4. The molecule has 2 aliphatic heterocycles. The standard InChI is InChI=1S/C20H32OS/c1-17-6-14-7-18(2,11-17)13-19(8-14,12-17)20(21)9-15-4-3-5-16(10-20)22-15/h14-16,21H,3-13H2,1-2H3. The van der Waals surface area contributed by atoms with Gasteiger partial charge in [0.05, 0.1) is 5.60 Å². The van der Waals surface area contributed by atoms with Crippen LogP contribution < -0.4 is 0 Å². The van der Waals surface area contributed by atoms with Crippen molar-refractivity contribution in [1.29, 1.82) is 0 Å². The van der Waals surface area contributed by atoms with E-state index in [-0.39, 0.29) is 11.0 Å². The summed E-state index contributed by atoms with van der Waals surface area (Å²) in [7, 11) is 0. The molecule has 2 heteroatoms. The van der Waals surface area contributed by atoms with Crippen LogP contribution >= 0.6 is 11.8 Å². The Kier molecular flexibility index (Phi) is 2.85. The fourth-order valence-electron chi connectivity index (χ4n) is 8.52. The minimum Gasteiger partial charge on any atom is -0.389 e. The van der Waals surface area contributed by atoms with Crippen molar-refractivity contribution in [2.45, 2.75) is 101 Å². The van der Waals surface area contributed by atoms with Crippen LogP contribution in [0.15, 0.2) is 0 Å². The lowest BCUT2D eigenvalue weighted by Gasteiger charge is -2.70. The van der Waals surface area contributed by atoms with Gasteiger partial charge in [-0.1, -0.05) is 20.3 Å². The number of fused-ring (bicyclic) bond motifs is 2. The first-order valence-electron chi connectivity index (χ1n) is 9.69. The second-order valence-electron chi connectivity index (χ2n) is 10.7. The Hall–Kier alpha value is 0.310. The first-order valence-corrected chi connectivity index (χ1v) is 10.6. The quantitative estimate of drug-likeness (QED) is 0.720. The van der Waals surface area contributed by atoms with Gasteiger partial charge >= 0.3 is 0 Å². The summed E-state index contributed by atoms with van der Waals surface area (Å²) in [4.78, 5) is 0. The molecular weight excluding hydrogens is 288 g/mol. The van der Waals surface area contributed by atoms with Crippen molar-refractivity contribution in [3.05, 3.63) is 0 Å². The molecule has 6 rings (SSSR count). The van der Waals surface area contributed by atoms with E-state index in [1.165, 1.54) is 57.8 Å². The van der Waals surface area contributed by atoms with Gasteiger partial charge in [-0.25, -0.2) is 0 Å². The van der Waals surface area contributed by atoms with Gasteiger partial charge in [0.25, 0.3) is 0 Å². The summed E-state index contributed by atoms with van der Waals surface area (Å²) in [5.74, 6) is 0.907. The Morgan fingerprint density at radius 2 is 1.41 bits per heavy atom. The summed E-state index contributed by atoms with van der Waals surface area (Å²) in [5.41, 5.74) is 0.994. The van der Waals surface area contributed by atoms with Crippen LogP contribution in [-0.2, 0) is 0 Å². The highest BCUT2D eigenvalue weighted by Gasteiger charge is 2.67. The minimum atomic E-state index is -0.337. The van der Waals surface area contributed by atoms with Gasteiger partial charge in [0.2, 0.25) is 0 Å². The van der Waals surface area contributed by atoms with Crippen LogP contribution in [0.25, 0.3) is 0 Å². The Balaban J connectivity index is 1.53. The van der Waals surface area contributed by atoms with Crippen molar-refractivity contribution in [2.75, 3.05) is 0 Å². The molecule has 0 amide bonds. The highest BCUT2D eigenvalue weighted by Crippen LogP contribution is 2.73. The predicted molar refractivity (Wildman–Crippen MR) is 93.0 cm³/mol. The molecule has 0 aromatic carbocycles. The maximum Gasteiger partial charge on any atom is 0.0725 e. The molecule has 2 saturated heterocycles. The highest BCUT2D eigenvalue weighted by atomic mass is 32.2. The molecule has 4 saturated carbocycles. The molecule has 2 heterocycles. The average molecular weight is 321 g/mol. The van der Waals surface area contributed by atoms with Gasteiger partial charge < -0.3 is 5.11 Å². The summed E-state index contributed by atoms with van der Waals surface area (Å²) in [6, 6.07) is 0. The lowest BCUT2D eigenvalue weighted by Crippen LogP contribution is -2.65. The van der Waals surface area contributed by atoms with Crippen molar-refractivity contribution in [2.24, 2.45) is 22.2 Å². The molecule has 1 N–H and O–H groups in total. The second-order valence-corrected chi connectivity index (χ2v) is 12.3. The summed E-state index contributed by atoms with van der Waals surface area (Å²) in [6.07, 6.45) is 14.6. The van der Waals surface area contributed by atoms with E-state index in [4.69, 9.17) is 0 Å². The lowest BCUT2D eigenvalue weighted by atomic mass is 9.37. The van der Waals surface area contributed by atoms with E-state index >= 15 is 0 Å². The molecule has 4 aliphatic carbocycles. The van der Waals surface area contributed by atoms with Crippen LogP contribution in [-0.4, -0.2) is 21.2 Å². The molecule has 6 fully saturated rings. The third kappa shape index (κ3) is 1.95. The first kappa shape index (κ1) is 14.6. The number of aliphatic hydroxyl groups is 1. The van der Waals surface area contributed by atoms with Crippen molar-refractivity contribution < 1.29 is 5.11 Å². The fourth-order valence-corrected chi connectivity index (χ4v) is 10.4. The maximum absolute atomic E-state index is 12.0. The molecule has 22 heavy (non-hydrogen) atoms. The number of hydrogen-bond donors (Lipinski definition) is 1. The van der Waals surface area contributed by atoms with Crippen LogP contribution in [0, 0.1) is 22.2 Å². The van der Waals surface area contributed by atoms with E-state index in [0.717, 1.165) is 29.3 Å². The zero-order chi connectivity index (χ0) is 15.2. The van der Waals surface area contributed by atoms with E-state index in [1.807, 2.05) is 0 Å². The van der Waals surface area contributed by atoms with Gasteiger partial charge in [-0.2, -0.15) is 11.8 Å². The van der Waals surface area contributed by atoms with Crippen molar-refractivity contribution in [1.82, 2.24) is 0 Å². The van der Waals surface area contributed by atoms with Crippen LogP contribution in [0.3, 0.4) is 0 Å². The Bertz CT molecular complexity index is 470. The summed E-state index contributed by atoms with van der Waals surface area (Å²) in [6.45, 7) is 5.10. The molecular formula is C20H32OS. The average Bonchev–Trinajstić information content (AvgIpc) is 2.33. The summed E-state index contributed by atoms with van der Waals surface area (Å²) >= 11 is 2.22. The van der Waals surface area contributed by atoms with Crippen molar-refractivity contribution >= 4 is 11.8 Å². The third-order valence-corrected chi connectivity index (χ3v) is 9.76. The van der Waals surface area contributed by atoms with Crippen molar-refractivity contribution in [3.8, 4) is 0 Å². The fraction of sp³-hybridized carbons (Fsp3) is 1.00. The van der Waals surface area contributed by atoms with Crippen LogP contribution in [0.4, 0.5) is 0 Å². The zero-order valence-corrected chi connectivity index (χ0v) is 15.2. The van der Waals surface area contributed by atoms with Gasteiger partial charge in [-0.15, -0.1) is 0 Å². The molecule has 1 nitrogen and oxygen atoms in total. The number of hydrogen-bond acceptors (Lipinski definition) is 2. The van der Waals surface area contributed by atoms with E-state index in [9.17, 15) is 5.11 Å².